The van der Waals surface area contributed by atoms with Gasteiger partial charge in [-0.25, -0.2) is 0 Å². The van der Waals surface area contributed by atoms with Crippen LogP contribution in [0.1, 0.15) is 17.4 Å². The van der Waals surface area contributed by atoms with Crippen molar-refractivity contribution in [3.8, 4) is 0 Å². The molecule has 1 aromatic rings. The van der Waals surface area contributed by atoms with Crippen molar-refractivity contribution in [1.29, 1.82) is 0 Å². The maximum atomic E-state index is 9.31. The summed E-state index contributed by atoms with van der Waals surface area (Å²) in [6.07, 6.45) is -0.816. The van der Waals surface area contributed by atoms with Crippen LogP contribution >= 0.6 is 15.9 Å². The summed E-state index contributed by atoms with van der Waals surface area (Å²) < 4.78 is 4.78. The third-order valence-electron chi connectivity index (χ3n) is 1.61. The van der Waals surface area contributed by atoms with Gasteiger partial charge in [0.05, 0.1) is 0 Å². The summed E-state index contributed by atoms with van der Waals surface area (Å²) in [6.45, 7) is 0. The second kappa shape index (κ2) is 4.60. The van der Waals surface area contributed by atoms with Gasteiger partial charge in [0, 0.05) is 18.0 Å². The smallest absolute Gasteiger partial charge is 0.180 e. The number of benzene rings is 1. The minimum atomic E-state index is -0.816. The van der Waals surface area contributed by atoms with Crippen LogP contribution in [0.15, 0.2) is 24.3 Å². The van der Waals surface area contributed by atoms with Crippen LogP contribution in [0, 0.1) is 0 Å². The number of aliphatic hydroxyl groups excluding tert-OH is 1. The molecule has 1 aromatic carbocycles. The topological polar surface area (TPSA) is 29.5 Å². The predicted molar refractivity (Wildman–Crippen MR) is 51.0 cm³/mol. The Morgan fingerprint density at radius 2 is 2.33 bits per heavy atom. The molecule has 0 radical (unpaired) electrons. The molecule has 12 heavy (non-hydrogen) atoms. The molecule has 0 saturated carbocycles. The van der Waals surface area contributed by atoms with Crippen LogP contribution in [0.2, 0.25) is 0 Å². The van der Waals surface area contributed by atoms with Gasteiger partial charge in [0.15, 0.2) is 6.29 Å². The molecule has 0 aromatic heterocycles. The maximum absolute atomic E-state index is 9.31. The van der Waals surface area contributed by atoms with E-state index in [1.165, 1.54) is 7.11 Å². The number of alkyl halides is 1. The van der Waals surface area contributed by atoms with E-state index in [4.69, 9.17) is 4.74 Å². The molecule has 1 N–H and O–H groups in total. The summed E-state index contributed by atoms with van der Waals surface area (Å²) in [5.74, 6) is 0. The molecule has 0 spiro atoms. The lowest BCUT2D eigenvalue weighted by Gasteiger charge is -2.08. The highest BCUT2D eigenvalue weighted by atomic mass is 79.9. The average Bonchev–Trinajstić information content (AvgIpc) is 2.17. The number of aliphatic hydroxyl groups is 1. The fourth-order valence-electron chi connectivity index (χ4n) is 0.966. The van der Waals surface area contributed by atoms with E-state index in [2.05, 4.69) is 15.9 Å². The molecule has 1 atom stereocenters. The molecular weight excluding hydrogens is 220 g/mol. The van der Waals surface area contributed by atoms with Crippen molar-refractivity contribution in [3.63, 3.8) is 0 Å². The average molecular weight is 231 g/mol. The molecule has 2 nitrogen and oxygen atoms in total. The lowest BCUT2D eigenvalue weighted by atomic mass is 10.1. The van der Waals surface area contributed by atoms with Gasteiger partial charge in [-0.3, -0.25) is 0 Å². The Morgan fingerprint density at radius 3 is 2.92 bits per heavy atom. The van der Waals surface area contributed by atoms with Gasteiger partial charge in [-0.05, 0) is 11.6 Å². The molecule has 66 valence electrons. The van der Waals surface area contributed by atoms with Gasteiger partial charge >= 0.3 is 0 Å². The number of rotatable bonds is 3. The Balaban J connectivity index is 2.86. The zero-order chi connectivity index (χ0) is 8.97. The van der Waals surface area contributed by atoms with Crippen LogP contribution in [-0.2, 0) is 10.1 Å². The van der Waals surface area contributed by atoms with Crippen molar-refractivity contribution in [2.45, 2.75) is 11.6 Å². The highest BCUT2D eigenvalue weighted by Gasteiger charge is 2.04. The molecule has 0 amide bonds. The molecule has 0 heterocycles. The van der Waals surface area contributed by atoms with Crippen LogP contribution in [-0.4, -0.2) is 12.2 Å². The lowest BCUT2D eigenvalue weighted by molar-refractivity contribution is -0.0769. The van der Waals surface area contributed by atoms with Crippen molar-refractivity contribution < 1.29 is 9.84 Å². The number of hydrogen-bond donors (Lipinski definition) is 1. The molecule has 0 aliphatic heterocycles. The molecular formula is C9H11BrO2. The number of methoxy groups -OCH3 is 1. The standard InChI is InChI=1S/C9H11BrO2/c1-12-9(11)8-4-2-3-7(5-8)6-10/h2-5,9,11H,6H2,1H3. The van der Waals surface area contributed by atoms with E-state index in [1.54, 1.807) is 0 Å². The van der Waals surface area contributed by atoms with Crippen LogP contribution in [0.3, 0.4) is 0 Å². The fraction of sp³-hybridized carbons (Fsp3) is 0.333. The summed E-state index contributed by atoms with van der Waals surface area (Å²) in [6, 6.07) is 7.62. The number of ether oxygens (including phenoxy) is 1. The second-order valence-electron chi connectivity index (χ2n) is 2.47. The monoisotopic (exact) mass is 230 g/mol. The Labute approximate surface area is 80.3 Å². The molecule has 0 aliphatic carbocycles. The summed E-state index contributed by atoms with van der Waals surface area (Å²) in [4.78, 5) is 0. The minimum Gasteiger partial charge on any atom is -0.364 e. The zero-order valence-electron chi connectivity index (χ0n) is 6.83. The van der Waals surface area contributed by atoms with Gasteiger partial charge in [0.2, 0.25) is 0 Å². The predicted octanol–water partition coefficient (Wildman–Crippen LogP) is 2.22. The van der Waals surface area contributed by atoms with Gasteiger partial charge in [0.1, 0.15) is 0 Å². The van der Waals surface area contributed by atoms with Gasteiger partial charge < -0.3 is 9.84 Å². The van der Waals surface area contributed by atoms with Gasteiger partial charge in [-0.2, -0.15) is 0 Å². The third-order valence-corrected chi connectivity index (χ3v) is 2.26. The Morgan fingerprint density at radius 1 is 1.58 bits per heavy atom. The van der Waals surface area contributed by atoms with E-state index in [9.17, 15) is 5.11 Å². The molecule has 0 aliphatic rings. The fourth-order valence-corrected chi connectivity index (χ4v) is 1.31. The van der Waals surface area contributed by atoms with E-state index in [0.717, 1.165) is 16.5 Å². The van der Waals surface area contributed by atoms with Crippen LogP contribution in [0.25, 0.3) is 0 Å². The van der Waals surface area contributed by atoms with Crippen molar-refractivity contribution in [2.24, 2.45) is 0 Å². The Kier molecular flexibility index (Phi) is 3.72. The molecule has 0 saturated heterocycles. The third kappa shape index (κ3) is 2.30. The molecule has 3 heteroatoms. The maximum Gasteiger partial charge on any atom is 0.180 e. The van der Waals surface area contributed by atoms with Crippen molar-refractivity contribution in [1.82, 2.24) is 0 Å². The number of hydrogen-bond acceptors (Lipinski definition) is 2. The lowest BCUT2D eigenvalue weighted by Crippen LogP contribution is -1.99. The van der Waals surface area contributed by atoms with Crippen molar-refractivity contribution in [3.05, 3.63) is 35.4 Å². The van der Waals surface area contributed by atoms with Gasteiger partial charge in [0.25, 0.3) is 0 Å². The van der Waals surface area contributed by atoms with E-state index in [-0.39, 0.29) is 0 Å². The normalized spacial score (nSPS) is 12.9. The van der Waals surface area contributed by atoms with Gasteiger partial charge in [-0.15, -0.1) is 0 Å². The summed E-state index contributed by atoms with van der Waals surface area (Å²) in [5, 5.41) is 10.1. The van der Waals surface area contributed by atoms with Crippen LogP contribution in [0.4, 0.5) is 0 Å². The van der Waals surface area contributed by atoms with Crippen LogP contribution < -0.4 is 0 Å². The highest BCUT2D eigenvalue weighted by molar-refractivity contribution is 9.08. The highest BCUT2D eigenvalue weighted by Crippen LogP contribution is 2.16. The van der Waals surface area contributed by atoms with E-state index in [1.807, 2.05) is 24.3 Å². The summed E-state index contributed by atoms with van der Waals surface area (Å²) in [5.41, 5.74) is 1.91. The van der Waals surface area contributed by atoms with Crippen molar-refractivity contribution >= 4 is 15.9 Å². The second-order valence-corrected chi connectivity index (χ2v) is 3.03. The first-order valence-electron chi connectivity index (χ1n) is 3.63. The summed E-state index contributed by atoms with van der Waals surface area (Å²) >= 11 is 3.34. The molecule has 1 rings (SSSR count). The Hall–Kier alpha value is -0.380. The molecule has 0 fully saturated rings. The van der Waals surface area contributed by atoms with Crippen LogP contribution in [0.5, 0.6) is 0 Å². The minimum absolute atomic E-state index is 0.787. The first-order valence-corrected chi connectivity index (χ1v) is 4.75. The van der Waals surface area contributed by atoms with Crippen molar-refractivity contribution in [2.75, 3.05) is 7.11 Å². The van der Waals surface area contributed by atoms with E-state index in [0.29, 0.717) is 0 Å². The molecule has 1 unspecified atom stereocenters. The zero-order valence-corrected chi connectivity index (χ0v) is 8.41. The summed E-state index contributed by atoms with van der Waals surface area (Å²) in [7, 11) is 1.48. The quantitative estimate of drug-likeness (QED) is 0.638. The van der Waals surface area contributed by atoms with E-state index < -0.39 is 6.29 Å². The molecule has 0 bridgehead atoms. The Bertz CT molecular complexity index is 250. The van der Waals surface area contributed by atoms with Gasteiger partial charge in [-0.1, -0.05) is 34.1 Å². The first kappa shape index (κ1) is 9.71. The van der Waals surface area contributed by atoms with E-state index >= 15 is 0 Å². The SMILES string of the molecule is COC(O)c1cccc(CBr)c1. The largest absolute Gasteiger partial charge is 0.364 e. The number of halogens is 1. The first-order chi connectivity index (χ1) is 5.77.